The number of pyridine rings is 1. The summed E-state index contributed by atoms with van der Waals surface area (Å²) in [7, 11) is 4.57. The van der Waals surface area contributed by atoms with E-state index in [2.05, 4.69) is 32.2 Å². The molecule has 0 saturated heterocycles. The maximum atomic E-state index is 5.79. The topological polar surface area (TPSA) is 57.4 Å². The fourth-order valence-electron chi connectivity index (χ4n) is 3.06. The molecular formula is C22H27N2O3P. The molecule has 2 unspecified atom stereocenters. The van der Waals surface area contributed by atoms with Crippen molar-refractivity contribution in [1.29, 1.82) is 0 Å². The van der Waals surface area contributed by atoms with E-state index in [0.717, 1.165) is 29.0 Å². The van der Waals surface area contributed by atoms with Gasteiger partial charge in [0.25, 0.3) is 0 Å². The van der Waals surface area contributed by atoms with Crippen LogP contribution >= 0.6 is 9.24 Å². The molecule has 0 N–H and O–H groups in total. The molecule has 2 atom stereocenters. The number of aryl methyl sites for hydroxylation is 1. The average molecular weight is 398 g/mol. The standard InChI is InChI=1S/C22H27N2O3P/c1-16-19(24-21(27-16)18-7-5-4-6-8-18)11-12-26-20-10-9-17(14-23-20)13-22(2,28)15-25-3/h4-10,14H,11-13,15,28H2,1-3H3. The Bertz CT molecular complexity index is 877. The Kier molecular flexibility index (Phi) is 6.82. The molecule has 2 heterocycles. The number of nitrogens with zero attached hydrogens (tertiary/aromatic N) is 2. The molecular weight excluding hydrogens is 371 g/mol. The molecule has 3 rings (SSSR count). The monoisotopic (exact) mass is 398 g/mol. The molecule has 0 aliphatic rings. The number of ether oxygens (including phenoxy) is 2. The molecule has 6 heteroatoms. The van der Waals surface area contributed by atoms with E-state index in [0.29, 0.717) is 31.4 Å². The van der Waals surface area contributed by atoms with Crippen molar-refractivity contribution in [1.82, 2.24) is 9.97 Å². The van der Waals surface area contributed by atoms with Crippen LogP contribution in [0.3, 0.4) is 0 Å². The lowest BCUT2D eigenvalue weighted by Crippen LogP contribution is -2.25. The molecule has 2 aromatic heterocycles. The van der Waals surface area contributed by atoms with Gasteiger partial charge in [0.1, 0.15) is 5.76 Å². The van der Waals surface area contributed by atoms with Gasteiger partial charge in [-0.05, 0) is 31.0 Å². The highest BCUT2D eigenvalue weighted by Crippen LogP contribution is 2.24. The summed E-state index contributed by atoms with van der Waals surface area (Å²) in [5.41, 5.74) is 3.04. The molecule has 0 bridgehead atoms. The van der Waals surface area contributed by atoms with E-state index in [1.165, 1.54) is 0 Å². The predicted octanol–water partition coefficient (Wildman–Crippen LogP) is 4.49. The first-order valence-electron chi connectivity index (χ1n) is 9.34. The van der Waals surface area contributed by atoms with Crippen LogP contribution in [0.5, 0.6) is 5.88 Å². The van der Waals surface area contributed by atoms with Crippen LogP contribution in [0.1, 0.15) is 23.9 Å². The van der Waals surface area contributed by atoms with Gasteiger partial charge in [-0.15, -0.1) is 9.24 Å². The smallest absolute Gasteiger partial charge is 0.226 e. The molecule has 3 aromatic rings. The molecule has 28 heavy (non-hydrogen) atoms. The highest BCUT2D eigenvalue weighted by molar-refractivity contribution is 7.19. The van der Waals surface area contributed by atoms with Crippen LogP contribution in [-0.4, -0.2) is 35.4 Å². The van der Waals surface area contributed by atoms with E-state index < -0.39 is 0 Å². The minimum Gasteiger partial charge on any atom is -0.477 e. The summed E-state index contributed by atoms with van der Waals surface area (Å²) in [6, 6.07) is 13.9. The van der Waals surface area contributed by atoms with Gasteiger partial charge in [0, 0.05) is 36.5 Å². The van der Waals surface area contributed by atoms with Crippen molar-refractivity contribution in [2.24, 2.45) is 0 Å². The van der Waals surface area contributed by atoms with Gasteiger partial charge >= 0.3 is 0 Å². The largest absolute Gasteiger partial charge is 0.477 e. The van der Waals surface area contributed by atoms with Crippen molar-refractivity contribution in [3.63, 3.8) is 0 Å². The first-order valence-corrected chi connectivity index (χ1v) is 9.92. The third-order valence-corrected chi connectivity index (χ3v) is 4.75. The Hall–Kier alpha value is -2.23. The van der Waals surface area contributed by atoms with Gasteiger partial charge in [0.15, 0.2) is 0 Å². The molecule has 0 fully saturated rings. The Morgan fingerprint density at radius 3 is 2.61 bits per heavy atom. The molecule has 0 saturated carbocycles. The number of hydrogen-bond donors (Lipinski definition) is 0. The van der Waals surface area contributed by atoms with E-state index in [9.17, 15) is 0 Å². The summed E-state index contributed by atoms with van der Waals surface area (Å²) >= 11 is 0. The molecule has 1 aromatic carbocycles. The lowest BCUT2D eigenvalue weighted by Gasteiger charge is -2.23. The maximum Gasteiger partial charge on any atom is 0.226 e. The number of oxazole rings is 1. The maximum absolute atomic E-state index is 5.79. The molecule has 0 amide bonds. The van der Waals surface area contributed by atoms with Crippen molar-refractivity contribution in [3.05, 3.63) is 65.7 Å². The van der Waals surface area contributed by atoms with Crippen LogP contribution in [0, 0.1) is 6.92 Å². The summed E-state index contributed by atoms with van der Waals surface area (Å²) in [5.74, 6) is 2.08. The zero-order valence-corrected chi connectivity index (χ0v) is 17.8. The minimum absolute atomic E-state index is 0.000254. The third kappa shape index (κ3) is 5.63. The van der Waals surface area contributed by atoms with Crippen LogP contribution < -0.4 is 4.74 Å². The lowest BCUT2D eigenvalue weighted by molar-refractivity contribution is 0.172. The van der Waals surface area contributed by atoms with E-state index in [-0.39, 0.29) is 5.16 Å². The number of aromatic nitrogens is 2. The van der Waals surface area contributed by atoms with Crippen LogP contribution in [0.2, 0.25) is 0 Å². The average Bonchev–Trinajstić information content (AvgIpc) is 3.04. The first kappa shape index (κ1) is 20.5. The van der Waals surface area contributed by atoms with Gasteiger partial charge in [-0.3, -0.25) is 0 Å². The summed E-state index contributed by atoms with van der Waals surface area (Å²) < 4.78 is 16.8. The van der Waals surface area contributed by atoms with Crippen LogP contribution in [-0.2, 0) is 17.6 Å². The highest BCUT2D eigenvalue weighted by atomic mass is 31.0. The summed E-state index contributed by atoms with van der Waals surface area (Å²) in [6.07, 6.45) is 3.41. The minimum atomic E-state index is -0.000254. The summed E-state index contributed by atoms with van der Waals surface area (Å²) in [4.78, 5) is 9.02. The number of benzene rings is 1. The van der Waals surface area contributed by atoms with Gasteiger partial charge in [-0.25, -0.2) is 9.97 Å². The van der Waals surface area contributed by atoms with Crippen molar-refractivity contribution in [2.75, 3.05) is 20.3 Å². The normalized spacial score (nSPS) is 13.3. The zero-order valence-electron chi connectivity index (χ0n) is 16.6. The van der Waals surface area contributed by atoms with E-state index in [4.69, 9.17) is 13.9 Å². The van der Waals surface area contributed by atoms with E-state index in [1.807, 2.05) is 49.5 Å². The molecule has 148 valence electrons. The second-order valence-corrected chi connectivity index (χ2v) is 8.65. The Balaban J connectivity index is 1.53. The molecule has 0 radical (unpaired) electrons. The summed E-state index contributed by atoms with van der Waals surface area (Å²) in [5, 5.41) is -0.000254. The highest BCUT2D eigenvalue weighted by Gasteiger charge is 2.18. The second kappa shape index (κ2) is 9.31. The van der Waals surface area contributed by atoms with Crippen LogP contribution in [0.25, 0.3) is 11.5 Å². The van der Waals surface area contributed by atoms with Gasteiger partial charge in [-0.1, -0.05) is 31.2 Å². The molecule has 0 spiro atoms. The van der Waals surface area contributed by atoms with Gasteiger partial charge in [-0.2, -0.15) is 0 Å². The fraction of sp³-hybridized carbons (Fsp3) is 0.364. The van der Waals surface area contributed by atoms with E-state index >= 15 is 0 Å². The first-order chi connectivity index (χ1) is 13.5. The van der Waals surface area contributed by atoms with E-state index in [1.54, 1.807) is 7.11 Å². The Morgan fingerprint density at radius 2 is 1.93 bits per heavy atom. The van der Waals surface area contributed by atoms with Gasteiger partial charge in [0.2, 0.25) is 11.8 Å². The molecule has 5 nitrogen and oxygen atoms in total. The second-order valence-electron chi connectivity index (χ2n) is 7.25. The predicted molar refractivity (Wildman–Crippen MR) is 114 cm³/mol. The van der Waals surface area contributed by atoms with Crippen molar-refractivity contribution in [2.45, 2.75) is 31.8 Å². The molecule has 0 aliphatic heterocycles. The third-order valence-electron chi connectivity index (χ3n) is 4.38. The van der Waals surface area contributed by atoms with Crippen LogP contribution in [0.4, 0.5) is 0 Å². The van der Waals surface area contributed by atoms with Crippen molar-refractivity contribution < 1.29 is 13.9 Å². The van der Waals surface area contributed by atoms with Gasteiger partial charge < -0.3 is 13.9 Å². The quantitative estimate of drug-likeness (QED) is 0.497. The van der Waals surface area contributed by atoms with Gasteiger partial charge in [0.05, 0.1) is 18.9 Å². The lowest BCUT2D eigenvalue weighted by atomic mass is 10.0. The molecule has 0 aliphatic carbocycles. The number of hydrogen-bond acceptors (Lipinski definition) is 5. The van der Waals surface area contributed by atoms with Crippen molar-refractivity contribution >= 4 is 9.24 Å². The SMILES string of the molecule is COCC(C)(P)Cc1ccc(OCCc2nc(-c3ccccc3)oc2C)nc1. The zero-order chi connectivity index (χ0) is 20.0. The Morgan fingerprint density at radius 1 is 1.14 bits per heavy atom. The van der Waals surface area contributed by atoms with Crippen molar-refractivity contribution in [3.8, 4) is 17.3 Å². The fourth-order valence-corrected chi connectivity index (χ4v) is 3.47. The number of rotatable bonds is 9. The summed E-state index contributed by atoms with van der Waals surface area (Å²) in [6.45, 7) is 5.26. The Labute approximate surface area is 168 Å². The number of methoxy groups -OCH3 is 1. The van der Waals surface area contributed by atoms with Crippen LogP contribution in [0.15, 0.2) is 53.1 Å².